The van der Waals surface area contributed by atoms with Crippen LogP contribution in [0, 0.1) is 24.5 Å². The third kappa shape index (κ3) is 2.83. The van der Waals surface area contributed by atoms with Gasteiger partial charge in [0.1, 0.15) is 3.70 Å². The molecule has 0 spiro atoms. The molecule has 17 heavy (non-hydrogen) atoms. The number of aromatic nitrogens is 2. The minimum absolute atomic E-state index is 0.716. The fraction of sp³-hybridized carbons (Fsp3) is 0.308. The summed E-state index contributed by atoms with van der Waals surface area (Å²) in [4.78, 5) is 0. The number of halogens is 2. The fourth-order valence-electron chi connectivity index (χ4n) is 2.08. The average Bonchev–Trinajstić information content (AvgIpc) is 2.52. The van der Waals surface area contributed by atoms with Gasteiger partial charge in [-0.2, -0.15) is 5.10 Å². The number of aryl methyl sites for hydroxylation is 3. The Bertz CT molecular complexity index is 518. The number of hydrogen-bond donors (Lipinski definition) is 0. The Kier molecular flexibility index (Phi) is 3.78. The van der Waals surface area contributed by atoms with Crippen LogP contribution in [0.3, 0.4) is 0 Å². The van der Waals surface area contributed by atoms with Gasteiger partial charge >= 0.3 is 0 Å². The van der Waals surface area contributed by atoms with E-state index in [1.54, 1.807) is 0 Å². The molecular formula is C13H14ClIN2. The molecule has 1 aromatic carbocycles. The number of benzene rings is 1. The van der Waals surface area contributed by atoms with Gasteiger partial charge < -0.3 is 0 Å². The molecule has 0 aliphatic carbocycles. The number of nitrogens with zero attached hydrogens (tertiary/aromatic N) is 2. The summed E-state index contributed by atoms with van der Waals surface area (Å²) in [6, 6.07) is 4.41. The van der Waals surface area contributed by atoms with E-state index in [2.05, 4.69) is 60.6 Å². The van der Waals surface area contributed by atoms with Gasteiger partial charge in [0.2, 0.25) is 0 Å². The van der Waals surface area contributed by atoms with E-state index in [1.165, 1.54) is 22.3 Å². The normalized spacial score (nSPS) is 10.9. The molecule has 0 saturated carbocycles. The standard InChI is InChI=1S/C13H14ClIN2/c1-8-4-9(2)11(10(3)5-8)6-17-7-12(14)13(15)16-17/h4-5,7H,6H2,1-3H3. The van der Waals surface area contributed by atoms with E-state index in [0.717, 1.165) is 10.2 Å². The Morgan fingerprint density at radius 3 is 2.29 bits per heavy atom. The van der Waals surface area contributed by atoms with Gasteiger partial charge in [0, 0.05) is 6.20 Å². The summed E-state index contributed by atoms with van der Waals surface area (Å²) in [7, 11) is 0. The second kappa shape index (κ2) is 4.98. The molecule has 0 fully saturated rings. The minimum Gasteiger partial charge on any atom is -0.266 e. The van der Waals surface area contributed by atoms with E-state index in [4.69, 9.17) is 11.6 Å². The van der Waals surface area contributed by atoms with Gasteiger partial charge in [-0.05, 0) is 60.1 Å². The van der Waals surface area contributed by atoms with Crippen LogP contribution in [-0.4, -0.2) is 9.78 Å². The molecule has 0 radical (unpaired) electrons. The zero-order chi connectivity index (χ0) is 12.6. The van der Waals surface area contributed by atoms with Crippen molar-refractivity contribution >= 4 is 34.2 Å². The van der Waals surface area contributed by atoms with Crippen molar-refractivity contribution in [3.05, 3.63) is 49.3 Å². The monoisotopic (exact) mass is 360 g/mol. The molecule has 0 atom stereocenters. The van der Waals surface area contributed by atoms with Crippen molar-refractivity contribution in [3.63, 3.8) is 0 Å². The van der Waals surface area contributed by atoms with Crippen molar-refractivity contribution in [1.82, 2.24) is 9.78 Å². The van der Waals surface area contributed by atoms with Gasteiger partial charge in [-0.1, -0.05) is 29.3 Å². The molecule has 2 aromatic rings. The summed E-state index contributed by atoms with van der Waals surface area (Å²) in [5.74, 6) is 0. The van der Waals surface area contributed by atoms with E-state index in [0.29, 0.717) is 5.02 Å². The van der Waals surface area contributed by atoms with Crippen LogP contribution >= 0.6 is 34.2 Å². The van der Waals surface area contributed by atoms with Crippen LogP contribution < -0.4 is 0 Å². The Morgan fingerprint density at radius 1 is 1.24 bits per heavy atom. The maximum Gasteiger partial charge on any atom is 0.141 e. The van der Waals surface area contributed by atoms with Gasteiger partial charge in [0.25, 0.3) is 0 Å². The number of rotatable bonds is 2. The quantitative estimate of drug-likeness (QED) is 0.737. The van der Waals surface area contributed by atoms with Gasteiger partial charge in [0.15, 0.2) is 0 Å². The molecular weight excluding hydrogens is 347 g/mol. The lowest BCUT2D eigenvalue weighted by Crippen LogP contribution is -2.04. The molecule has 1 heterocycles. The van der Waals surface area contributed by atoms with Gasteiger partial charge in [-0.25, -0.2) is 0 Å². The van der Waals surface area contributed by atoms with Crippen molar-refractivity contribution in [2.45, 2.75) is 27.3 Å². The SMILES string of the molecule is Cc1cc(C)c(Cn2cc(Cl)c(I)n2)c(C)c1. The Hall–Kier alpha value is -0.550. The first-order chi connectivity index (χ1) is 7.97. The maximum atomic E-state index is 6.01. The minimum atomic E-state index is 0.716. The Morgan fingerprint density at radius 2 is 1.82 bits per heavy atom. The molecule has 0 N–H and O–H groups in total. The first-order valence-corrected chi connectivity index (χ1v) is 6.88. The average molecular weight is 361 g/mol. The van der Waals surface area contributed by atoms with E-state index in [1.807, 2.05) is 10.9 Å². The predicted octanol–water partition coefficient (Wildman–Crippen LogP) is 4.11. The molecule has 0 amide bonds. The van der Waals surface area contributed by atoms with Crippen LogP contribution in [0.5, 0.6) is 0 Å². The van der Waals surface area contributed by atoms with Crippen LogP contribution in [-0.2, 0) is 6.54 Å². The van der Waals surface area contributed by atoms with Crippen molar-refractivity contribution in [2.24, 2.45) is 0 Å². The lowest BCUT2D eigenvalue weighted by molar-refractivity contribution is 0.675. The molecule has 1 aromatic heterocycles. The first-order valence-electron chi connectivity index (χ1n) is 5.42. The third-order valence-corrected chi connectivity index (χ3v) is 4.23. The summed E-state index contributed by atoms with van der Waals surface area (Å²) in [6.07, 6.45) is 1.88. The topological polar surface area (TPSA) is 17.8 Å². The summed E-state index contributed by atoms with van der Waals surface area (Å²) >= 11 is 8.16. The predicted molar refractivity (Wildman–Crippen MR) is 79.7 cm³/mol. The van der Waals surface area contributed by atoms with Crippen LogP contribution in [0.25, 0.3) is 0 Å². The second-order valence-corrected chi connectivity index (χ2v) is 5.77. The molecule has 0 aliphatic rings. The molecule has 0 bridgehead atoms. The van der Waals surface area contributed by atoms with E-state index in [9.17, 15) is 0 Å². The van der Waals surface area contributed by atoms with Crippen molar-refractivity contribution < 1.29 is 0 Å². The lowest BCUT2D eigenvalue weighted by Gasteiger charge is -2.11. The van der Waals surface area contributed by atoms with Gasteiger partial charge in [-0.15, -0.1) is 0 Å². The van der Waals surface area contributed by atoms with E-state index in [-0.39, 0.29) is 0 Å². The molecule has 2 rings (SSSR count). The highest BCUT2D eigenvalue weighted by Crippen LogP contribution is 2.20. The fourth-order valence-corrected chi connectivity index (χ4v) is 2.64. The van der Waals surface area contributed by atoms with Crippen LogP contribution in [0.2, 0.25) is 5.02 Å². The van der Waals surface area contributed by atoms with Crippen LogP contribution in [0.4, 0.5) is 0 Å². The highest BCUT2D eigenvalue weighted by molar-refractivity contribution is 14.1. The highest BCUT2D eigenvalue weighted by Gasteiger charge is 2.08. The summed E-state index contributed by atoms with van der Waals surface area (Å²) in [6.45, 7) is 7.19. The Labute approximate surface area is 120 Å². The van der Waals surface area contributed by atoms with Crippen molar-refractivity contribution in [2.75, 3.05) is 0 Å². The van der Waals surface area contributed by atoms with Crippen molar-refractivity contribution in [1.29, 1.82) is 0 Å². The molecule has 4 heteroatoms. The molecule has 0 saturated heterocycles. The molecule has 0 aliphatic heterocycles. The van der Waals surface area contributed by atoms with Crippen LogP contribution in [0.15, 0.2) is 18.3 Å². The zero-order valence-electron chi connectivity index (χ0n) is 10.1. The van der Waals surface area contributed by atoms with Crippen molar-refractivity contribution in [3.8, 4) is 0 Å². The van der Waals surface area contributed by atoms with E-state index < -0.39 is 0 Å². The zero-order valence-corrected chi connectivity index (χ0v) is 13.0. The summed E-state index contributed by atoms with van der Waals surface area (Å²) in [5.41, 5.74) is 5.25. The smallest absolute Gasteiger partial charge is 0.141 e. The molecule has 2 nitrogen and oxygen atoms in total. The highest BCUT2D eigenvalue weighted by atomic mass is 127. The lowest BCUT2D eigenvalue weighted by atomic mass is 10.00. The van der Waals surface area contributed by atoms with Gasteiger partial charge in [-0.3, -0.25) is 4.68 Å². The van der Waals surface area contributed by atoms with Gasteiger partial charge in [0.05, 0.1) is 11.6 Å². The molecule has 90 valence electrons. The first kappa shape index (κ1) is 12.9. The summed E-state index contributed by atoms with van der Waals surface area (Å²) in [5, 5.41) is 5.10. The van der Waals surface area contributed by atoms with E-state index >= 15 is 0 Å². The molecule has 0 unspecified atom stereocenters. The Balaban J connectivity index is 2.36. The van der Waals surface area contributed by atoms with Crippen LogP contribution in [0.1, 0.15) is 22.3 Å². The maximum absolute atomic E-state index is 6.01. The summed E-state index contributed by atoms with van der Waals surface area (Å²) < 4.78 is 2.75. The largest absolute Gasteiger partial charge is 0.266 e. The number of hydrogen-bond acceptors (Lipinski definition) is 1. The second-order valence-electron chi connectivity index (χ2n) is 4.34. The third-order valence-electron chi connectivity index (χ3n) is 2.84.